The van der Waals surface area contributed by atoms with E-state index in [-0.39, 0.29) is 5.01 Å². The third kappa shape index (κ3) is 3.78. The molecule has 96 valence electrons. The van der Waals surface area contributed by atoms with Crippen molar-refractivity contribution in [1.29, 1.82) is 0 Å². The van der Waals surface area contributed by atoms with Gasteiger partial charge in [-0.25, -0.2) is 10.1 Å². The van der Waals surface area contributed by atoms with Gasteiger partial charge in [-0.05, 0) is 0 Å². The van der Waals surface area contributed by atoms with Crippen molar-refractivity contribution < 1.29 is 24.8 Å². The summed E-state index contributed by atoms with van der Waals surface area (Å²) in [7, 11) is 0. The molecule has 13 heteroatoms. The van der Waals surface area contributed by atoms with E-state index in [2.05, 4.69) is 15.9 Å². The number of hydrogen-bond acceptors (Lipinski definition) is 7. The molecule has 0 saturated heterocycles. The molecule has 0 saturated carbocycles. The van der Waals surface area contributed by atoms with Crippen molar-refractivity contribution in [2.45, 2.75) is 4.57 Å². The Morgan fingerprint density at radius 1 is 1.24 bits per heavy atom. The van der Waals surface area contributed by atoms with Crippen LogP contribution in [0.2, 0.25) is 0 Å². The highest BCUT2D eigenvalue weighted by Gasteiger charge is 2.57. The smallest absolute Gasteiger partial charge is 0.480 e. The number of carbonyl (C=O) groups is 1. The summed E-state index contributed by atoms with van der Waals surface area (Å²) in [6, 6.07) is 0. The van der Waals surface area contributed by atoms with E-state index in [1.807, 2.05) is 0 Å². The maximum atomic E-state index is 10.4. The van der Waals surface area contributed by atoms with Gasteiger partial charge in [-0.1, -0.05) is 0 Å². The number of hydrogen-bond donors (Lipinski definition) is 1. The van der Waals surface area contributed by atoms with Gasteiger partial charge in [0.25, 0.3) is 0 Å². The molecule has 0 aromatic carbocycles. The number of carboxylic acids is 1. The van der Waals surface area contributed by atoms with Crippen LogP contribution in [0.4, 0.5) is 0 Å². The fourth-order valence-corrected chi connectivity index (χ4v) is 1.03. The molecule has 0 radical (unpaired) electrons. The van der Waals surface area contributed by atoms with Crippen molar-refractivity contribution in [3.8, 4) is 0 Å². The second-order valence-electron chi connectivity index (χ2n) is 2.69. The standard InChI is InChI=1S/C4H5BrN4O8/c5-4(7(12)13,8(14)15)2-6(9(16)17)1-3(10)11/h1-2H2,(H,10,11). The van der Waals surface area contributed by atoms with Crippen molar-refractivity contribution in [3.63, 3.8) is 0 Å². The van der Waals surface area contributed by atoms with E-state index < -0.39 is 38.5 Å². The first-order valence-corrected chi connectivity index (χ1v) is 4.49. The van der Waals surface area contributed by atoms with Crippen LogP contribution in [0.3, 0.4) is 0 Å². The first kappa shape index (κ1) is 14.9. The van der Waals surface area contributed by atoms with Crippen LogP contribution in [0.1, 0.15) is 0 Å². The lowest BCUT2D eigenvalue weighted by Gasteiger charge is -2.15. The summed E-state index contributed by atoms with van der Waals surface area (Å²) in [5, 5.41) is 38.1. The van der Waals surface area contributed by atoms with Gasteiger partial charge < -0.3 is 5.11 Å². The van der Waals surface area contributed by atoms with E-state index in [9.17, 15) is 35.1 Å². The summed E-state index contributed by atoms with van der Waals surface area (Å²) in [5.74, 6) is -1.65. The minimum Gasteiger partial charge on any atom is -0.480 e. The van der Waals surface area contributed by atoms with Gasteiger partial charge in [-0.2, -0.15) is 0 Å². The summed E-state index contributed by atoms with van der Waals surface area (Å²) in [6.45, 7) is -2.55. The number of rotatable bonds is 7. The zero-order valence-electron chi connectivity index (χ0n) is 7.89. The van der Waals surface area contributed by atoms with Crippen molar-refractivity contribution in [3.05, 3.63) is 30.3 Å². The first-order chi connectivity index (χ1) is 7.61. The zero-order valence-corrected chi connectivity index (χ0v) is 9.47. The average molecular weight is 317 g/mol. The minimum atomic E-state index is -3.03. The number of carboxylic acid groups (broad SMARTS) is 1. The minimum absolute atomic E-state index is 0.150. The van der Waals surface area contributed by atoms with Crippen molar-refractivity contribution in [2.75, 3.05) is 13.1 Å². The summed E-state index contributed by atoms with van der Waals surface area (Å²) in [4.78, 5) is 38.7. The van der Waals surface area contributed by atoms with Gasteiger partial charge in [0.1, 0.15) is 9.85 Å². The lowest BCUT2D eigenvalue weighted by Crippen LogP contribution is -2.52. The van der Waals surface area contributed by atoms with E-state index in [4.69, 9.17) is 5.11 Å². The quantitative estimate of drug-likeness (QED) is 0.207. The van der Waals surface area contributed by atoms with E-state index in [1.165, 1.54) is 0 Å². The van der Waals surface area contributed by atoms with E-state index in [0.717, 1.165) is 0 Å². The molecule has 0 aliphatic carbocycles. The number of nitro groups is 3. The number of aliphatic carboxylic acids is 1. The highest BCUT2D eigenvalue weighted by Crippen LogP contribution is 2.21. The molecule has 0 atom stereocenters. The van der Waals surface area contributed by atoms with Gasteiger partial charge in [-0.3, -0.25) is 25.0 Å². The molecule has 0 rings (SSSR count). The van der Waals surface area contributed by atoms with E-state index in [1.54, 1.807) is 0 Å². The molecule has 1 N–H and O–H groups in total. The Bertz CT molecular complexity index is 357. The Labute approximate surface area is 100 Å². The highest BCUT2D eigenvalue weighted by molar-refractivity contribution is 9.09. The molecule has 0 aliphatic rings. The summed E-state index contributed by atoms with van der Waals surface area (Å²) >= 11 is 2.14. The average Bonchev–Trinajstić information content (AvgIpc) is 2.14. The lowest BCUT2D eigenvalue weighted by molar-refractivity contribution is -0.774. The SMILES string of the molecule is O=C(O)CN(CC(Br)([N+](=O)[O-])[N+](=O)[O-])[N+](=O)[O-]. The molecule has 0 amide bonds. The molecule has 0 spiro atoms. The van der Waals surface area contributed by atoms with Gasteiger partial charge in [0, 0.05) is 0 Å². The Morgan fingerprint density at radius 3 is 1.88 bits per heavy atom. The van der Waals surface area contributed by atoms with Crippen LogP contribution < -0.4 is 0 Å². The largest absolute Gasteiger partial charge is 0.533 e. The third-order valence-electron chi connectivity index (χ3n) is 1.49. The fraction of sp³-hybridized carbons (Fsp3) is 0.750. The topological polar surface area (TPSA) is 170 Å². The molecule has 0 aromatic rings. The van der Waals surface area contributed by atoms with Crippen molar-refractivity contribution >= 4 is 21.9 Å². The molecule has 0 aliphatic heterocycles. The monoisotopic (exact) mass is 316 g/mol. The number of alkyl halides is 1. The van der Waals surface area contributed by atoms with Crippen LogP contribution >= 0.6 is 15.9 Å². The number of hydrazine groups is 1. The first-order valence-electron chi connectivity index (χ1n) is 3.70. The van der Waals surface area contributed by atoms with Gasteiger partial charge in [-0.15, -0.1) is 5.01 Å². The highest BCUT2D eigenvalue weighted by atomic mass is 79.9. The summed E-state index contributed by atoms with van der Waals surface area (Å²) in [6.07, 6.45) is 0. The maximum Gasteiger partial charge on any atom is 0.533 e. The molecule has 17 heavy (non-hydrogen) atoms. The third-order valence-corrected chi connectivity index (χ3v) is 2.32. The van der Waals surface area contributed by atoms with Gasteiger partial charge in [0.2, 0.25) is 6.54 Å². The normalized spacial score (nSPS) is 10.6. The molecular formula is C4H5BrN4O8. The van der Waals surface area contributed by atoms with Crippen LogP contribution in [0.5, 0.6) is 0 Å². The maximum absolute atomic E-state index is 10.4. The molecule has 0 heterocycles. The van der Waals surface area contributed by atoms with E-state index in [0.29, 0.717) is 0 Å². The summed E-state index contributed by atoms with van der Waals surface area (Å²) in [5.41, 5.74) is 0. The second-order valence-corrected chi connectivity index (χ2v) is 3.96. The van der Waals surface area contributed by atoms with Crippen molar-refractivity contribution in [2.24, 2.45) is 0 Å². The van der Waals surface area contributed by atoms with Crippen LogP contribution in [-0.4, -0.2) is 48.6 Å². The molecule has 0 bridgehead atoms. The Morgan fingerprint density at radius 2 is 1.65 bits per heavy atom. The van der Waals surface area contributed by atoms with Crippen molar-refractivity contribution in [1.82, 2.24) is 5.01 Å². The van der Waals surface area contributed by atoms with Gasteiger partial charge in [0.15, 0.2) is 11.6 Å². The Kier molecular flexibility index (Phi) is 4.69. The molecule has 0 fully saturated rings. The number of nitrogens with zero attached hydrogens (tertiary/aromatic N) is 4. The van der Waals surface area contributed by atoms with Crippen LogP contribution in [0.25, 0.3) is 0 Å². The Balaban J connectivity index is 5.07. The molecule has 0 aromatic heterocycles. The summed E-state index contributed by atoms with van der Waals surface area (Å²) < 4.78 is -3.03. The van der Waals surface area contributed by atoms with Gasteiger partial charge in [0.05, 0.1) is 15.9 Å². The Hall–Kier alpha value is -2.05. The van der Waals surface area contributed by atoms with Crippen LogP contribution in [0.15, 0.2) is 0 Å². The number of halogens is 1. The fourth-order valence-electron chi connectivity index (χ4n) is 0.742. The lowest BCUT2D eigenvalue weighted by atomic mass is 10.4. The second kappa shape index (κ2) is 5.33. The van der Waals surface area contributed by atoms with Crippen LogP contribution in [-0.2, 0) is 4.79 Å². The van der Waals surface area contributed by atoms with E-state index >= 15 is 0 Å². The molecular weight excluding hydrogens is 312 g/mol. The van der Waals surface area contributed by atoms with Gasteiger partial charge >= 0.3 is 10.5 Å². The van der Waals surface area contributed by atoms with Crippen LogP contribution in [0, 0.1) is 30.3 Å². The molecule has 0 unspecified atom stereocenters. The predicted octanol–water partition coefficient (Wildman–Crippen LogP) is -0.833. The molecule has 12 nitrogen and oxygen atoms in total. The predicted molar refractivity (Wildman–Crippen MR) is 51.8 cm³/mol. The zero-order chi connectivity index (χ0) is 13.8.